The van der Waals surface area contributed by atoms with Crippen LogP contribution in [0.15, 0.2) is 24.4 Å². The monoisotopic (exact) mass is 267 g/mol. The van der Waals surface area contributed by atoms with Crippen LogP contribution >= 0.6 is 0 Å². The van der Waals surface area contributed by atoms with E-state index in [-0.39, 0.29) is 24.9 Å². The normalized spacial score (nSPS) is 10.6. The molecular formula is C12H11F2N3O2. The van der Waals surface area contributed by atoms with E-state index in [9.17, 15) is 13.6 Å². The molecule has 0 atom stereocenters. The Kier molecular flexibility index (Phi) is 3.84. The summed E-state index contributed by atoms with van der Waals surface area (Å²) in [5, 5.41) is 16.1. The van der Waals surface area contributed by atoms with Crippen LogP contribution in [-0.4, -0.2) is 26.1 Å². The van der Waals surface area contributed by atoms with Gasteiger partial charge in [-0.1, -0.05) is 5.21 Å². The smallest absolute Gasteiger partial charge is 0.303 e. The number of aliphatic carboxylic acids is 1. The van der Waals surface area contributed by atoms with Crippen LogP contribution in [0.5, 0.6) is 0 Å². The lowest BCUT2D eigenvalue weighted by Crippen LogP contribution is -2.03. The van der Waals surface area contributed by atoms with E-state index in [1.807, 2.05) is 0 Å². The summed E-state index contributed by atoms with van der Waals surface area (Å²) in [7, 11) is 0. The molecule has 0 aliphatic rings. The van der Waals surface area contributed by atoms with E-state index < -0.39 is 17.6 Å². The number of halogens is 2. The predicted molar refractivity (Wildman–Crippen MR) is 61.4 cm³/mol. The summed E-state index contributed by atoms with van der Waals surface area (Å²) < 4.78 is 27.7. The second kappa shape index (κ2) is 5.55. The third-order valence-corrected chi connectivity index (χ3v) is 2.52. The molecule has 0 saturated carbocycles. The van der Waals surface area contributed by atoms with Crippen LogP contribution in [0.25, 0.3) is 0 Å². The minimum atomic E-state index is -0.925. The highest BCUT2D eigenvalue weighted by atomic mass is 19.1. The third-order valence-electron chi connectivity index (χ3n) is 2.52. The second-order valence-corrected chi connectivity index (χ2v) is 4.04. The number of carboxylic acid groups (broad SMARTS) is 1. The zero-order valence-electron chi connectivity index (χ0n) is 9.88. The molecule has 0 spiro atoms. The summed E-state index contributed by atoms with van der Waals surface area (Å²) in [4.78, 5) is 10.4. The molecular weight excluding hydrogens is 256 g/mol. The third kappa shape index (κ3) is 3.57. The molecule has 0 fully saturated rings. The first-order valence-electron chi connectivity index (χ1n) is 5.59. The fraction of sp³-hybridized carbons (Fsp3) is 0.250. The number of carbonyl (C=O) groups is 1. The molecule has 0 unspecified atom stereocenters. The van der Waals surface area contributed by atoms with Gasteiger partial charge in [-0.25, -0.2) is 13.5 Å². The van der Waals surface area contributed by atoms with Crippen LogP contribution in [0.4, 0.5) is 8.78 Å². The molecule has 0 aliphatic heterocycles. The minimum Gasteiger partial charge on any atom is -0.481 e. The number of aryl methyl sites for hydroxylation is 1. The number of aromatic nitrogens is 3. The summed E-state index contributed by atoms with van der Waals surface area (Å²) >= 11 is 0. The van der Waals surface area contributed by atoms with Crippen molar-refractivity contribution in [1.29, 1.82) is 0 Å². The van der Waals surface area contributed by atoms with Crippen LogP contribution in [0.1, 0.15) is 17.7 Å². The molecule has 0 saturated heterocycles. The molecule has 19 heavy (non-hydrogen) atoms. The summed E-state index contributed by atoms with van der Waals surface area (Å²) in [5.41, 5.74) is 0.661. The highest BCUT2D eigenvalue weighted by Gasteiger charge is 2.08. The largest absolute Gasteiger partial charge is 0.481 e. The van der Waals surface area contributed by atoms with Crippen LogP contribution in [0.3, 0.4) is 0 Å². The van der Waals surface area contributed by atoms with Gasteiger partial charge in [0.2, 0.25) is 0 Å². The van der Waals surface area contributed by atoms with E-state index in [1.54, 1.807) is 0 Å². The maximum Gasteiger partial charge on any atom is 0.303 e. The number of carboxylic acids is 1. The van der Waals surface area contributed by atoms with Crippen molar-refractivity contribution in [1.82, 2.24) is 15.0 Å². The number of hydrogen-bond donors (Lipinski definition) is 1. The van der Waals surface area contributed by atoms with Crippen molar-refractivity contribution < 1.29 is 18.7 Å². The molecule has 0 aliphatic carbocycles. The van der Waals surface area contributed by atoms with Gasteiger partial charge in [-0.15, -0.1) is 5.10 Å². The summed E-state index contributed by atoms with van der Waals surface area (Å²) in [6.07, 6.45) is 1.72. The standard InChI is InChI=1S/C12H11F2N3O2/c13-9-1-3-11(14)8(5-9)6-17-7-10(15-16-17)2-4-12(18)19/h1,3,5,7H,2,4,6H2,(H,18,19). The number of hydrogen-bond acceptors (Lipinski definition) is 3. The fourth-order valence-electron chi connectivity index (χ4n) is 1.60. The molecule has 0 amide bonds. The molecule has 2 rings (SSSR count). The fourth-order valence-corrected chi connectivity index (χ4v) is 1.60. The maximum atomic E-state index is 13.4. The van der Waals surface area contributed by atoms with Crippen LogP contribution in [0, 0.1) is 11.6 Å². The first-order chi connectivity index (χ1) is 9.04. The van der Waals surface area contributed by atoms with Gasteiger partial charge >= 0.3 is 5.97 Å². The SMILES string of the molecule is O=C(O)CCc1cn(Cc2cc(F)ccc2F)nn1. The van der Waals surface area contributed by atoms with E-state index in [0.29, 0.717) is 5.69 Å². The Labute approximate surface area is 107 Å². The zero-order valence-corrected chi connectivity index (χ0v) is 9.88. The molecule has 5 nitrogen and oxygen atoms in total. The summed E-state index contributed by atoms with van der Waals surface area (Å²) in [6.45, 7) is 0.0453. The molecule has 1 aromatic heterocycles. The van der Waals surface area contributed by atoms with Gasteiger partial charge in [0.05, 0.1) is 18.7 Å². The van der Waals surface area contributed by atoms with E-state index in [1.165, 1.54) is 10.9 Å². The van der Waals surface area contributed by atoms with Gasteiger partial charge in [0.15, 0.2) is 0 Å². The van der Waals surface area contributed by atoms with Crippen molar-refractivity contribution in [3.8, 4) is 0 Å². The molecule has 2 aromatic rings. The Morgan fingerprint density at radius 1 is 1.37 bits per heavy atom. The van der Waals surface area contributed by atoms with Gasteiger partial charge in [0.1, 0.15) is 11.6 Å². The van der Waals surface area contributed by atoms with Gasteiger partial charge in [-0.3, -0.25) is 4.79 Å². The predicted octanol–water partition coefficient (Wildman–Crippen LogP) is 1.62. The van der Waals surface area contributed by atoms with Gasteiger partial charge < -0.3 is 5.11 Å². The highest BCUT2D eigenvalue weighted by molar-refractivity contribution is 5.66. The molecule has 1 heterocycles. The van der Waals surface area contributed by atoms with Crippen molar-refractivity contribution in [2.75, 3.05) is 0 Å². The van der Waals surface area contributed by atoms with Crippen molar-refractivity contribution in [3.63, 3.8) is 0 Å². The summed E-state index contributed by atoms with van der Waals surface area (Å²) in [6, 6.07) is 3.18. The second-order valence-electron chi connectivity index (χ2n) is 4.04. The average molecular weight is 267 g/mol. The molecule has 0 radical (unpaired) electrons. The van der Waals surface area contributed by atoms with E-state index >= 15 is 0 Å². The molecule has 7 heteroatoms. The lowest BCUT2D eigenvalue weighted by Gasteiger charge is -2.02. The van der Waals surface area contributed by atoms with Crippen molar-refractivity contribution >= 4 is 5.97 Å². The Morgan fingerprint density at radius 2 is 2.16 bits per heavy atom. The first-order valence-corrected chi connectivity index (χ1v) is 5.59. The highest BCUT2D eigenvalue weighted by Crippen LogP contribution is 2.11. The Morgan fingerprint density at radius 3 is 2.89 bits per heavy atom. The van der Waals surface area contributed by atoms with Crippen LogP contribution in [0.2, 0.25) is 0 Å². The molecule has 1 aromatic carbocycles. The number of benzene rings is 1. The number of nitrogens with zero attached hydrogens (tertiary/aromatic N) is 3. The van der Waals surface area contributed by atoms with E-state index in [2.05, 4.69) is 10.3 Å². The molecule has 0 bridgehead atoms. The van der Waals surface area contributed by atoms with Gasteiger partial charge in [-0.2, -0.15) is 0 Å². The molecule has 100 valence electrons. The van der Waals surface area contributed by atoms with Crippen LogP contribution < -0.4 is 0 Å². The van der Waals surface area contributed by atoms with Gasteiger partial charge in [0.25, 0.3) is 0 Å². The number of rotatable bonds is 5. The Balaban J connectivity index is 2.07. The van der Waals surface area contributed by atoms with Crippen LogP contribution in [-0.2, 0) is 17.8 Å². The van der Waals surface area contributed by atoms with Gasteiger partial charge in [0, 0.05) is 18.2 Å². The average Bonchev–Trinajstić information content (AvgIpc) is 2.79. The lowest BCUT2D eigenvalue weighted by atomic mass is 10.2. The maximum absolute atomic E-state index is 13.4. The van der Waals surface area contributed by atoms with Crippen molar-refractivity contribution in [2.45, 2.75) is 19.4 Å². The zero-order chi connectivity index (χ0) is 13.8. The quantitative estimate of drug-likeness (QED) is 0.893. The topological polar surface area (TPSA) is 68.0 Å². The summed E-state index contributed by atoms with van der Waals surface area (Å²) in [5.74, 6) is -1.97. The van der Waals surface area contributed by atoms with Crippen molar-refractivity contribution in [3.05, 3.63) is 47.3 Å². The Hall–Kier alpha value is -2.31. The van der Waals surface area contributed by atoms with Gasteiger partial charge in [-0.05, 0) is 18.2 Å². The Bertz CT molecular complexity index is 598. The first kappa shape index (κ1) is 13.1. The van der Waals surface area contributed by atoms with E-state index in [4.69, 9.17) is 5.11 Å². The van der Waals surface area contributed by atoms with Crippen molar-refractivity contribution in [2.24, 2.45) is 0 Å². The lowest BCUT2D eigenvalue weighted by molar-refractivity contribution is -0.136. The minimum absolute atomic E-state index is 0.0453. The molecule has 1 N–H and O–H groups in total. The van der Waals surface area contributed by atoms with E-state index in [0.717, 1.165) is 18.2 Å².